The third-order valence-electron chi connectivity index (χ3n) is 1.30. The van der Waals surface area contributed by atoms with E-state index in [2.05, 4.69) is 11.9 Å². The van der Waals surface area contributed by atoms with Crippen LogP contribution in [0.15, 0.2) is 12.2 Å². The lowest BCUT2D eigenvalue weighted by Gasteiger charge is -2.13. The highest BCUT2D eigenvalue weighted by Crippen LogP contribution is 1.98. The predicted molar refractivity (Wildman–Crippen MR) is 47.8 cm³/mol. The Balaban J connectivity index is 3.30. The van der Waals surface area contributed by atoms with Gasteiger partial charge in [0.05, 0.1) is 13.2 Å². The van der Waals surface area contributed by atoms with Gasteiger partial charge in [0.25, 0.3) is 0 Å². The molecule has 3 N–H and O–H groups in total. The second kappa shape index (κ2) is 6.99. The van der Waals surface area contributed by atoms with E-state index >= 15 is 0 Å². The third-order valence-corrected chi connectivity index (χ3v) is 1.30. The maximum atomic E-state index is 9.09. The molecule has 0 saturated carbocycles. The summed E-state index contributed by atoms with van der Waals surface area (Å²) in [7, 11) is 1.56. The van der Waals surface area contributed by atoms with Crippen molar-refractivity contribution >= 4 is 0 Å². The molecule has 0 aromatic rings. The van der Waals surface area contributed by atoms with E-state index in [1.807, 2.05) is 0 Å². The quantitative estimate of drug-likeness (QED) is 0.285. The highest BCUT2D eigenvalue weighted by molar-refractivity contribution is 4.91. The number of hydrogen-bond acceptors (Lipinski definition) is 5. The molecule has 5 heteroatoms. The normalized spacial score (nSPS) is 15.4. The maximum absolute atomic E-state index is 9.09. The van der Waals surface area contributed by atoms with Gasteiger partial charge in [-0.05, 0) is 19.5 Å². The lowest BCUT2D eigenvalue weighted by Crippen LogP contribution is -2.29. The van der Waals surface area contributed by atoms with Crippen molar-refractivity contribution in [2.24, 2.45) is 0 Å². The zero-order valence-electron chi connectivity index (χ0n) is 7.99. The number of aliphatic hydroxyl groups is 2. The fraction of sp³-hybridized carbons (Fsp3) is 0.750. The molecule has 0 fully saturated rings. The van der Waals surface area contributed by atoms with Gasteiger partial charge in [0, 0.05) is 0 Å². The van der Waals surface area contributed by atoms with Crippen LogP contribution in [0.2, 0.25) is 0 Å². The Labute approximate surface area is 78.0 Å². The van der Waals surface area contributed by atoms with Gasteiger partial charge < -0.3 is 19.7 Å². The fourth-order valence-corrected chi connectivity index (χ4v) is 0.545. The molecule has 0 amide bonds. The monoisotopic (exact) mass is 191 g/mol. The average Bonchev–Trinajstić information content (AvgIpc) is 2.11. The molecule has 78 valence electrons. The van der Waals surface area contributed by atoms with E-state index in [1.54, 1.807) is 14.0 Å². The molecular formula is C8H17NO4. The van der Waals surface area contributed by atoms with E-state index in [0.29, 0.717) is 5.57 Å². The van der Waals surface area contributed by atoms with Crippen molar-refractivity contribution in [3.8, 4) is 0 Å². The molecule has 0 aliphatic heterocycles. The van der Waals surface area contributed by atoms with E-state index in [-0.39, 0.29) is 13.2 Å². The first kappa shape index (κ1) is 12.5. The van der Waals surface area contributed by atoms with Gasteiger partial charge >= 0.3 is 0 Å². The summed E-state index contributed by atoms with van der Waals surface area (Å²) in [5, 5.41) is 20.4. The Morgan fingerprint density at radius 2 is 1.92 bits per heavy atom. The number of hydrogen-bond donors (Lipinski definition) is 3. The van der Waals surface area contributed by atoms with E-state index < -0.39 is 12.7 Å². The first-order valence-corrected chi connectivity index (χ1v) is 4.00. The topological polar surface area (TPSA) is 71.0 Å². The third kappa shape index (κ3) is 6.68. The molecule has 0 aliphatic carbocycles. The van der Waals surface area contributed by atoms with Crippen LogP contribution in [0, 0.1) is 0 Å². The van der Waals surface area contributed by atoms with Gasteiger partial charge in [-0.15, -0.1) is 0 Å². The molecule has 0 bridgehead atoms. The molecule has 0 rings (SSSR count). The molecule has 0 aromatic carbocycles. The average molecular weight is 191 g/mol. The van der Waals surface area contributed by atoms with E-state index in [4.69, 9.17) is 19.7 Å². The molecule has 0 radical (unpaired) electrons. The minimum atomic E-state index is -0.995. The second-order valence-corrected chi connectivity index (χ2v) is 2.58. The molecule has 2 unspecified atom stereocenters. The summed E-state index contributed by atoms with van der Waals surface area (Å²) in [5.41, 5.74) is 0.536. The van der Waals surface area contributed by atoms with Crippen molar-refractivity contribution in [1.29, 1.82) is 0 Å². The zero-order chi connectivity index (χ0) is 10.3. The molecule has 2 atom stereocenters. The molecule has 0 heterocycles. The minimum Gasteiger partial charge on any atom is -0.364 e. The SMILES string of the molecule is C=C(C)C(O)OCCOC(O)NC. The number of aliphatic hydroxyl groups excluding tert-OH is 2. The molecule has 0 aliphatic rings. The van der Waals surface area contributed by atoms with Crippen LogP contribution in [0.5, 0.6) is 0 Å². The van der Waals surface area contributed by atoms with Crippen molar-refractivity contribution in [3.05, 3.63) is 12.2 Å². The largest absolute Gasteiger partial charge is 0.364 e. The Hall–Kier alpha value is -0.460. The Kier molecular flexibility index (Phi) is 6.75. The summed E-state index contributed by atoms with van der Waals surface area (Å²) in [6, 6.07) is 0. The van der Waals surface area contributed by atoms with Gasteiger partial charge in [0.1, 0.15) is 0 Å². The number of rotatable bonds is 7. The molecule has 0 aromatic heterocycles. The van der Waals surface area contributed by atoms with Crippen molar-refractivity contribution in [3.63, 3.8) is 0 Å². The smallest absolute Gasteiger partial charge is 0.213 e. The van der Waals surface area contributed by atoms with Crippen LogP contribution in [0.4, 0.5) is 0 Å². The Morgan fingerprint density at radius 1 is 1.38 bits per heavy atom. The van der Waals surface area contributed by atoms with Crippen molar-refractivity contribution in [2.45, 2.75) is 19.6 Å². The Bertz CT molecular complexity index is 151. The van der Waals surface area contributed by atoms with Crippen LogP contribution >= 0.6 is 0 Å². The van der Waals surface area contributed by atoms with Crippen molar-refractivity contribution < 1.29 is 19.7 Å². The molecule has 5 nitrogen and oxygen atoms in total. The second-order valence-electron chi connectivity index (χ2n) is 2.58. The molecule has 13 heavy (non-hydrogen) atoms. The van der Waals surface area contributed by atoms with Gasteiger partial charge in [-0.3, -0.25) is 5.32 Å². The summed E-state index contributed by atoms with van der Waals surface area (Å²) in [4.78, 5) is 0. The first-order valence-electron chi connectivity index (χ1n) is 4.00. The minimum absolute atomic E-state index is 0.201. The van der Waals surface area contributed by atoms with E-state index in [1.165, 1.54) is 0 Å². The molecule has 0 saturated heterocycles. The first-order chi connectivity index (χ1) is 6.07. The van der Waals surface area contributed by atoms with Crippen LogP contribution in [0.1, 0.15) is 6.92 Å². The summed E-state index contributed by atoms with van der Waals surface area (Å²) < 4.78 is 9.69. The maximum Gasteiger partial charge on any atom is 0.213 e. The summed E-state index contributed by atoms with van der Waals surface area (Å²) in [6.07, 6.45) is -1.96. The van der Waals surface area contributed by atoms with Gasteiger partial charge in [-0.2, -0.15) is 0 Å². The van der Waals surface area contributed by atoms with Gasteiger partial charge in [-0.1, -0.05) is 6.58 Å². The summed E-state index contributed by atoms with van der Waals surface area (Å²) in [5.74, 6) is 0. The van der Waals surface area contributed by atoms with E-state index in [9.17, 15) is 0 Å². The standard InChI is InChI=1S/C8H17NO4/c1-6(2)7(10)12-4-5-13-8(11)9-3/h7-11H,1,4-5H2,2-3H3. The van der Waals surface area contributed by atoms with E-state index in [0.717, 1.165) is 0 Å². The van der Waals surface area contributed by atoms with Crippen molar-refractivity contribution in [1.82, 2.24) is 5.32 Å². The Morgan fingerprint density at radius 3 is 2.38 bits per heavy atom. The van der Waals surface area contributed by atoms with Crippen molar-refractivity contribution in [2.75, 3.05) is 20.3 Å². The number of nitrogens with one attached hydrogen (secondary N) is 1. The van der Waals surface area contributed by atoms with Gasteiger partial charge in [-0.25, -0.2) is 0 Å². The lowest BCUT2D eigenvalue weighted by atomic mass is 10.3. The highest BCUT2D eigenvalue weighted by Gasteiger charge is 2.04. The molecule has 0 spiro atoms. The van der Waals surface area contributed by atoms with Crippen LogP contribution in [0.25, 0.3) is 0 Å². The highest BCUT2D eigenvalue weighted by atomic mass is 16.6. The van der Waals surface area contributed by atoms with Crippen LogP contribution in [-0.2, 0) is 9.47 Å². The van der Waals surface area contributed by atoms with Crippen LogP contribution in [0.3, 0.4) is 0 Å². The zero-order valence-corrected chi connectivity index (χ0v) is 7.99. The van der Waals surface area contributed by atoms with Crippen LogP contribution < -0.4 is 5.32 Å². The van der Waals surface area contributed by atoms with Gasteiger partial charge in [0.15, 0.2) is 6.29 Å². The summed E-state index contributed by atoms with van der Waals surface area (Å²) >= 11 is 0. The fourth-order valence-electron chi connectivity index (χ4n) is 0.545. The van der Waals surface area contributed by atoms with Gasteiger partial charge in [0.2, 0.25) is 6.41 Å². The molecular weight excluding hydrogens is 174 g/mol. The lowest BCUT2D eigenvalue weighted by molar-refractivity contribution is -0.147. The summed E-state index contributed by atoms with van der Waals surface area (Å²) in [6.45, 7) is 5.57. The number of ether oxygens (including phenoxy) is 2. The predicted octanol–water partition coefficient (Wildman–Crippen LogP) is -0.591. The van der Waals surface area contributed by atoms with Crippen LogP contribution in [-0.4, -0.2) is 43.2 Å².